The van der Waals surface area contributed by atoms with Crippen molar-refractivity contribution in [1.29, 1.82) is 0 Å². The molecule has 1 aromatic rings. The van der Waals surface area contributed by atoms with Gasteiger partial charge in [-0.25, -0.2) is 4.99 Å². The van der Waals surface area contributed by atoms with E-state index in [9.17, 15) is 0 Å². The van der Waals surface area contributed by atoms with E-state index in [4.69, 9.17) is 9.26 Å². The van der Waals surface area contributed by atoms with Crippen LogP contribution in [0.2, 0.25) is 0 Å². The van der Waals surface area contributed by atoms with E-state index < -0.39 is 0 Å². The molecular formula is C18H29N5O2. The van der Waals surface area contributed by atoms with Gasteiger partial charge in [0.05, 0.1) is 6.10 Å². The Kier molecular flexibility index (Phi) is 5.49. The Labute approximate surface area is 149 Å². The van der Waals surface area contributed by atoms with Gasteiger partial charge in [-0.3, -0.25) is 0 Å². The standard InChI is InChI=1S/C18H29N5O2/c1-2-6-14(5-1)21-18(19-11-15-7-3-4-10-24-15)20-12-16-22-17(23-25-16)13-8-9-13/h13-15H,1-12H2,(H2,19,20,21)/t15-/m1/s1. The minimum atomic E-state index is 0.286. The largest absolute Gasteiger partial charge is 0.376 e. The van der Waals surface area contributed by atoms with Crippen LogP contribution in [0.1, 0.15) is 75.4 Å². The van der Waals surface area contributed by atoms with Crippen LogP contribution in [0.25, 0.3) is 0 Å². The van der Waals surface area contributed by atoms with E-state index >= 15 is 0 Å². The van der Waals surface area contributed by atoms with E-state index in [1.54, 1.807) is 0 Å². The SMILES string of the molecule is C1CC[C@H](CNC(=NCc2nc(C3CC3)no2)NC2CCCC2)OC1. The van der Waals surface area contributed by atoms with Crippen LogP contribution in [-0.4, -0.2) is 41.4 Å². The van der Waals surface area contributed by atoms with E-state index in [0.29, 0.717) is 24.4 Å². The molecule has 2 saturated carbocycles. The number of guanidine groups is 1. The average molecular weight is 347 g/mol. The number of rotatable bonds is 6. The van der Waals surface area contributed by atoms with Gasteiger partial charge < -0.3 is 19.9 Å². The third-order valence-corrected chi connectivity index (χ3v) is 5.27. The van der Waals surface area contributed by atoms with Crippen molar-refractivity contribution in [2.45, 2.75) is 82.4 Å². The molecule has 0 aromatic carbocycles. The molecule has 0 bridgehead atoms. The van der Waals surface area contributed by atoms with Crippen LogP contribution < -0.4 is 10.6 Å². The molecule has 1 aromatic heterocycles. The zero-order valence-corrected chi connectivity index (χ0v) is 14.9. The molecule has 1 atom stereocenters. The summed E-state index contributed by atoms with van der Waals surface area (Å²) in [7, 11) is 0. The first kappa shape index (κ1) is 16.8. The lowest BCUT2D eigenvalue weighted by molar-refractivity contribution is 0.0194. The van der Waals surface area contributed by atoms with Gasteiger partial charge in [0, 0.05) is 25.1 Å². The maximum absolute atomic E-state index is 5.81. The molecule has 3 aliphatic rings. The Morgan fingerprint density at radius 1 is 1.08 bits per heavy atom. The molecule has 4 rings (SSSR count). The quantitative estimate of drug-likeness (QED) is 0.607. The van der Waals surface area contributed by atoms with E-state index in [-0.39, 0.29) is 6.10 Å². The zero-order chi connectivity index (χ0) is 16.9. The summed E-state index contributed by atoms with van der Waals surface area (Å²) in [5.74, 6) is 2.80. The Balaban J connectivity index is 1.33. The van der Waals surface area contributed by atoms with Crippen LogP contribution in [-0.2, 0) is 11.3 Å². The second-order valence-electron chi connectivity index (χ2n) is 7.48. The molecule has 0 radical (unpaired) electrons. The predicted molar refractivity (Wildman–Crippen MR) is 94.4 cm³/mol. The molecule has 2 N–H and O–H groups in total. The van der Waals surface area contributed by atoms with Crippen LogP contribution >= 0.6 is 0 Å². The molecular weight excluding hydrogens is 318 g/mol. The molecule has 1 aliphatic heterocycles. The molecule has 0 unspecified atom stereocenters. The van der Waals surface area contributed by atoms with Gasteiger partial charge in [0.1, 0.15) is 6.54 Å². The molecule has 0 spiro atoms. The number of nitrogens with one attached hydrogen (secondary N) is 2. The highest BCUT2D eigenvalue weighted by Crippen LogP contribution is 2.38. The fourth-order valence-electron chi connectivity index (χ4n) is 3.58. The van der Waals surface area contributed by atoms with Crippen LogP contribution in [0, 0.1) is 0 Å². The highest BCUT2D eigenvalue weighted by atomic mass is 16.5. The topological polar surface area (TPSA) is 84.6 Å². The minimum absolute atomic E-state index is 0.286. The third-order valence-electron chi connectivity index (χ3n) is 5.27. The monoisotopic (exact) mass is 347 g/mol. The summed E-state index contributed by atoms with van der Waals surface area (Å²) in [4.78, 5) is 9.14. The zero-order valence-electron chi connectivity index (χ0n) is 14.9. The van der Waals surface area contributed by atoms with Gasteiger partial charge in [-0.15, -0.1) is 0 Å². The Hall–Kier alpha value is -1.63. The Morgan fingerprint density at radius 2 is 1.92 bits per heavy atom. The van der Waals surface area contributed by atoms with Crippen LogP contribution in [0.4, 0.5) is 0 Å². The van der Waals surface area contributed by atoms with Gasteiger partial charge in [-0.05, 0) is 44.9 Å². The van der Waals surface area contributed by atoms with Crippen LogP contribution in [0.15, 0.2) is 9.52 Å². The maximum Gasteiger partial charge on any atom is 0.248 e. The molecule has 7 nitrogen and oxygen atoms in total. The second kappa shape index (κ2) is 8.17. The van der Waals surface area contributed by atoms with E-state index in [1.165, 1.54) is 51.4 Å². The lowest BCUT2D eigenvalue weighted by Gasteiger charge is -2.24. The summed E-state index contributed by atoms with van der Waals surface area (Å²) in [6.45, 7) is 2.10. The van der Waals surface area contributed by atoms with Gasteiger partial charge in [-0.2, -0.15) is 4.98 Å². The first-order valence-electron chi connectivity index (χ1n) is 9.86. The van der Waals surface area contributed by atoms with Crippen molar-refractivity contribution in [3.8, 4) is 0 Å². The van der Waals surface area contributed by atoms with Crippen molar-refractivity contribution >= 4 is 5.96 Å². The molecule has 2 heterocycles. The second-order valence-corrected chi connectivity index (χ2v) is 7.48. The van der Waals surface area contributed by atoms with Gasteiger partial charge in [-0.1, -0.05) is 18.0 Å². The fourth-order valence-corrected chi connectivity index (χ4v) is 3.58. The molecule has 0 amide bonds. The number of nitrogens with zero attached hydrogens (tertiary/aromatic N) is 3. The maximum atomic E-state index is 5.81. The molecule has 2 aliphatic carbocycles. The van der Waals surface area contributed by atoms with E-state index in [2.05, 4.69) is 25.8 Å². The van der Waals surface area contributed by atoms with Crippen molar-refractivity contribution in [3.05, 3.63) is 11.7 Å². The van der Waals surface area contributed by atoms with Crippen molar-refractivity contribution in [1.82, 2.24) is 20.8 Å². The van der Waals surface area contributed by atoms with Crippen molar-refractivity contribution < 1.29 is 9.26 Å². The van der Waals surface area contributed by atoms with Crippen molar-refractivity contribution in [3.63, 3.8) is 0 Å². The number of ether oxygens (including phenoxy) is 1. The third kappa shape index (κ3) is 4.93. The van der Waals surface area contributed by atoms with Gasteiger partial charge in [0.2, 0.25) is 5.89 Å². The Bertz CT molecular complexity index is 572. The fraction of sp³-hybridized carbons (Fsp3) is 0.833. The molecule has 138 valence electrons. The minimum Gasteiger partial charge on any atom is -0.376 e. The first-order valence-corrected chi connectivity index (χ1v) is 9.86. The van der Waals surface area contributed by atoms with Gasteiger partial charge >= 0.3 is 0 Å². The number of hydrogen-bond acceptors (Lipinski definition) is 5. The Morgan fingerprint density at radius 3 is 2.68 bits per heavy atom. The summed E-state index contributed by atoms with van der Waals surface area (Å²) in [5.41, 5.74) is 0. The number of hydrogen-bond donors (Lipinski definition) is 2. The van der Waals surface area contributed by atoms with Crippen LogP contribution in [0.3, 0.4) is 0 Å². The summed E-state index contributed by atoms with van der Waals surface area (Å²) in [6.07, 6.45) is 11.2. The van der Waals surface area contributed by atoms with E-state index in [0.717, 1.165) is 31.4 Å². The normalized spacial score (nSPS) is 25.3. The predicted octanol–water partition coefficient (Wildman–Crippen LogP) is 2.49. The lowest BCUT2D eigenvalue weighted by Crippen LogP contribution is -2.45. The smallest absolute Gasteiger partial charge is 0.248 e. The first-order chi connectivity index (χ1) is 12.4. The number of aromatic nitrogens is 2. The van der Waals surface area contributed by atoms with Gasteiger partial charge in [0.25, 0.3) is 0 Å². The lowest BCUT2D eigenvalue weighted by atomic mass is 10.1. The highest BCUT2D eigenvalue weighted by Gasteiger charge is 2.28. The summed E-state index contributed by atoms with van der Waals surface area (Å²) >= 11 is 0. The molecule has 1 saturated heterocycles. The number of aliphatic imine (C=N–C) groups is 1. The van der Waals surface area contributed by atoms with Gasteiger partial charge in [0.15, 0.2) is 11.8 Å². The molecule has 25 heavy (non-hydrogen) atoms. The summed E-state index contributed by atoms with van der Waals surface area (Å²) < 4.78 is 11.1. The van der Waals surface area contributed by atoms with E-state index in [1.807, 2.05) is 0 Å². The average Bonchev–Trinajstić information content (AvgIpc) is 3.17. The molecule has 7 heteroatoms. The summed E-state index contributed by atoms with van der Waals surface area (Å²) in [6, 6.07) is 0.517. The highest BCUT2D eigenvalue weighted by molar-refractivity contribution is 5.80. The van der Waals surface area contributed by atoms with Crippen molar-refractivity contribution in [2.24, 2.45) is 4.99 Å². The van der Waals surface area contributed by atoms with Crippen molar-refractivity contribution in [2.75, 3.05) is 13.2 Å². The van der Waals surface area contributed by atoms with Crippen LogP contribution in [0.5, 0.6) is 0 Å². The molecule has 3 fully saturated rings. The summed E-state index contributed by atoms with van der Waals surface area (Å²) in [5, 5.41) is 11.1.